The fourth-order valence-corrected chi connectivity index (χ4v) is 3.07. The molecule has 2 heterocycles. The van der Waals surface area contributed by atoms with Crippen LogP contribution in [0.3, 0.4) is 0 Å². The van der Waals surface area contributed by atoms with Gasteiger partial charge in [-0.2, -0.15) is 5.10 Å². The minimum absolute atomic E-state index is 0.291. The van der Waals surface area contributed by atoms with Gasteiger partial charge in [-0.1, -0.05) is 24.3 Å². The maximum Gasteiger partial charge on any atom is 0.270 e. The lowest BCUT2D eigenvalue weighted by atomic mass is 10.1. The summed E-state index contributed by atoms with van der Waals surface area (Å²) in [5, 5.41) is 17.3. The quantitative estimate of drug-likeness (QED) is 0.769. The van der Waals surface area contributed by atoms with Crippen LogP contribution in [0.4, 0.5) is 0 Å². The minimum atomic E-state index is -0.624. The van der Waals surface area contributed by atoms with Crippen molar-refractivity contribution in [1.82, 2.24) is 20.1 Å². The zero-order valence-electron chi connectivity index (χ0n) is 12.8. The molecule has 3 aromatic rings. The van der Waals surface area contributed by atoms with Crippen molar-refractivity contribution < 1.29 is 9.90 Å². The molecule has 1 aliphatic carbocycles. The molecule has 0 aliphatic heterocycles. The van der Waals surface area contributed by atoms with E-state index in [9.17, 15) is 9.90 Å². The standard InChI is InChI=1S/C18H16N4O2/c23-16-10-12-4-1-2-5-14(12)17(16)21-18(24)15-11-13(6-8-19-15)22-9-3-7-20-22/h1-9,11,16-17,23H,10H2,(H,21,24)/t16-,17+/m0/s1. The van der Waals surface area contributed by atoms with Gasteiger partial charge >= 0.3 is 0 Å². The number of aliphatic hydroxyl groups is 1. The van der Waals surface area contributed by atoms with Crippen LogP contribution >= 0.6 is 0 Å². The van der Waals surface area contributed by atoms with Gasteiger partial charge in [0.25, 0.3) is 5.91 Å². The Balaban J connectivity index is 1.58. The Hall–Kier alpha value is -2.99. The number of hydrogen-bond acceptors (Lipinski definition) is 4. The van der Waals surface area contributed by atoms with Gasteiger partial charge in [0.05, 0.1) is 17.8 Å². The predicted octanol–water partition coefficient (Wildman–Crippen LogP) is 1.66. The SMILES string of the molecule is O=C(N[C@@H]1c2ccccc2C[C@@H]1O)c1cc(-n2cccn2)ccn1. The zero-order valence-corrected chi connectivity index (χ0v) is 12.8. The highest BCUT2D eigenvalue weighted by molar-refractivity contribution is 5.93. The summed E-state index contributed by atoms with van der Waals surface area (Å²) in [4.78, 5) is 16.7. The van der Waals surface area contributed by atoms with Gasteiger partial charge in [0.15, 0.2) is 0 Å². The molecule has 0 saturated carbocycles. The van der Waals surface area contributed by atoms with Crippen molar-refractivity contribution in [2.24, 2.45) is 0 Å². The van der Waals surface area contributed by atoms with Crippen LogP contribution < -0.4 is 5.32 Å². The fourth-order valence-electron chi connectivity index (χ4n) is 3.07. The van der Waals surface area contributed by atoms with E-state index in [-0.39, 0.29) is 5.91 Å². The molecule has 2 atom stereocenters. The number of amides is 1. The summed E-state index contributed by atoms with van der Waals surface area (Å²) in [7, 11) is 0. The third kappa shape index (κ3) is 2.57. The first kappa shape index (κ1) is 14.6. The highest BCUT2D eigenvalue weighted by atomic mass is 16.3. The second-order valence-corrected chi connectivity index (χ2v) is 5.77. The lowest BCUT2D eigenvalue weighted by Crippen LogP contribution is -2.34. The lowest BCUT2D eigenvalue weighted by Gasteiger charge is -2.17. The molecule has 120 valence electrons. The van der Waals surface area contributed by atoms with E-state index in [4.69, 9.17) is 0 Å². The molecule has 1 aromatic carbocycles. The van der Waals surface area contributed by atoms with Crippen LogP contribution in [0, 0.1) is 0 Å². The van der Waals surface area contributed by atoms with Crippen molar-refractivity contribution in [1.29, 1.82) is 0 Å². The van der Waals surface area contributed by atoms with Crippen molar-refractivity contribution in [3.8, 4) is 5.69 Å². The number of carbonyl (C=O) groups is 1. The molecular formula is C18H16N4O2. The van der Waals surface area contributed by atoms with E-state index < -0.39 is 12.1 Å². The Morgan fingerprint density at radius 2 is 2.08 bits per heavy atom. The van der Waals surface area contributed by atoms with Crippen molar-refractivity contribution in [2.45, 2.75) is 18.6 Å². The lowest BCUT2D eigenvalue weighted by molar-refractivity contribution is 0.0853. The number of aromatic nitrogens is 3. The van der Waals surface area contributed by atoms with Gasteiger partial charge < -0.3 is 10.4 Å². The van der Waals surface area contributed by atoms with E-state index in [1.54, 1.807) is 35.4 Å². The molecule has 1 aliphatic rings. The Morgan fingerprint density at radius 1 is 1.21 bits per heavy atom. The molecule has 6 heteroatoms. The predicted molar refractivity (Wildman–Crippen MR) is 87.7 cm³/mol. The summed E-state index contributed by atoms with van der Waals surface area (Å²) in [6.07, 6.45) is 4.97. The Labute approximate surface area is 138 Å². The third-order valence-corrected chi connectivity index (χ3v) is 4.24. The molecule has 0 spiro atoms. The molecule has 0 radical (unpaired) electrons. The monoisotopic (exact) mass is 320 g/mol. The van der Waals surface area contributed by atoms with E-state index in [0.717, 1.165) is 16.8 Å². The van der Waals surface area contributed by atoms with Crippen molar-refractivity contribution in [3.05, 3.63) is 77.9 Å². The molecule has 2 aromatic heterocycles. The number of nitrogens with zero attached hydrogens (tertiary/aromatic N) is 3. The van der Waals surface area contributed by atoms with Crippen molar-refractivity contribution in [2.75, 3.05) is 0 Å². The number of pyridine rings is 1. The second kappa shape index (κ2) is 5.90. The normalized spacial score (nSPS) is 19.0. The van der Waals surface area contributed by atoms with E-state index in [1.165, 1.54) is 0 Å². The topological polar surface area (TPSA) is 80.0 Å². The van der Waals surface area contributed by atoms with Crippen LogP contribution in [-0.4, -0.2) is 31.9 Å². The van der Waals surface area contributed by atoms with Crippen LogP contribution in [0.1, 0.15) is 27.7 Å². The second-order valence-electron chi connectivity index (χ2n) is 5.77. The summed E-state index contributed by atoms with van der Waals surface area (Å²) < 4.78 is 1.66. The van der Waals surface area contributed by atoms with Crippen molar-refractivity contribution >= 4 is 5.91 Å². The number of hydrogen-bond donors (Lipinski definition) is 2. The van der Waals surface area contributed by atoms with Crippen LogP contribution in [0.2, 0.25) is 0 Å². The number of fused-ring (bicyclic) bond motifs is 1. The smallest absolute Gasteiger partial charge is 0.270 e. The molecular weight excluding hydrogens is 304 g/mol. The molecule has 0 bridgehead atoms. The summed E-state index contributed by atoms with van der Waals surface area (Å²) >= 11 is 0. The molecule has 6 nitrogen and oxygen atoms in total. The summed E-state index contributed by atoms with van der Waals surface area (Å²) in [5.41, 5.74) is 3.07. The van der Waals surface area contributed by atoms with Gasteiger partial charge in [0.1, 0.15) is 5.69 Å². The molecule has 0 fully saturated rings. The highest BCUT2D eigenvalue weighted by Gasteiger charge is 2.32. The number of aliphatic hydroxyl groups excluding tert-OH is 1. The first-order valence-corrected chi connectivity index (χ1v) is 7.75. The van der Waals surface area contributed by atoms with Crippen LogP contribution in [0.15, 0.2) is 61.1 Å². The van der Waals surface area contributed by atoms with Gasteiger partial charge in [-0.15, -0.1) is 0 Å². The largest absolute Gasteiger partial charge is 0.390 e. The first-order valence-electron chi connectivity index (χ1n) is 7.75. The summed E-state index contributed by atoms with van der Waals surface area (Å²) in [5.74, 6) is -0.315. The Bertz CT molecular complexity index is 876. The fraction of sp³-hybridized carbons (Fsp3) is 0.167. The highest BCUT2D eigenvalue weighted by Crippen LogP contribution is 2.31. The molecule has 24 heavy (non-hydrogen) atoms. The number of rotatable bonds is 3. The van der Waals surface area contributed by atoms with Gasteiger partial charge in [-0.05, 0) is 29.3 Å². The van der Waals surface area contributed by atoms with Gasteiger partial charge in [-0.3, -0.25) is 9.78 Å². The Kier molecular flexibility index (Phi) is 3.59. The van der Waals surface area contributed by atoms with E-state index in [2.05, 4.69) is 15.4 Å². The number of benzene rings is 1. The molecule has 0 saturated heterocycles. The molecule has 2 N–H and O–H groups in total. The van der Waals surface area contributed by atoms with E-state index in [0.29, 0.717) is 12.1 Å². The maximum atomic E-state index is 12.6. The van der Waals surface area contributed by atoms with Crippen LogP contribution in [0.25, 0.3) is 5.69 Å². The average molecular weight is 320 g/mol. The maximum absolute atomic E-state index is 12.6. The van der Waals surface area contributed by atoms with Gasteiger partial charge in [0, 0.05) is 25.0 Å². The zero-order chi connectivity index (χ0) is 16.5. The minimum Gasteiger partial charge on any atom is -0.390 e. The van der Waals surface area contributed by atoms with Gasteiger partial charge in [-0.25, -0.2) is 4.68 Å². The molecule has 0 unspecified atom stereocenters. The number of carbonyl (C=O) groups excluding carboxylic acids is 1. The average Bonchev–Trinajstić information content (AvgIpc) is 3.24. The van der Waals surface area contributed by atoms with Crippen molar-refractivity contribution in [3.63, 3.8) is 0 Å². The van der Waals surface area contributed by atoms with Gasteiger partial charge in [0.2, 0.25) is 0 Å². The third-order valence-electron chi connectivity index (χ3n) is 4.24. The summed E-state index contributed by atoms with van der Waals surface area (Å²) in [6.45, 7) is 0. The number of nitrogens with one attached hydrogen (secondary N) is 1. The van der Waals surface area contributed by atoms with Crippen LogP contribution in [0.5, 0.6) is 0 Å². The Morgan fingerprint density at radius 3 is 2.92 bits per heavy atom. The van der Waals surface area contributed by atoms with E-state index in [1.807, 2.05) is 30.3 Å². The first-order chi connectivity index (χ1) is 11.7. The van der Waals surface area contributed by atoms with Crippen LogP contribution in [-0.2, 0) is 6.42 Å². The van der Waals surface area contributed by atoms with E-state index >= 15 is 0 Å². The molecule has 1 amide bonds. The molecule has 4 rings (SSSR count). The summed E-state index contributed by atoms with van der Waals surface area (Å²) in [6, 6.07) is 12.6.